The van der Waals surface area contributed by atoms with Crippen molar-refractivity contribution < 1.29 is 9.59 Å². The summed E-state index contributed by atoms with van der Waals surface area (Å²) in [7, 11) is 0. The number of anilines is 1. The Morgan fingerprint density at radius 3 is 2.14 bits per heavy atom. The topological polar surface area (TPSA) is 63.4 Å². The number of piperidine rings is 1. The predicted octanol–water partition coefficient (Wildman–Crippen LogP) is 2.52. The zero-order chi connectivity index (χ0) is 14.9. The fourth-order valence-corrected chi connectivity index (χ4v) is 3.69. The van der Waals surface area contributed by atoms with Crippen LogP contribution in [0.2, 0.25) is 0 Å². The minimum Gasteiger partial charge on any atom is -0.399 e. The van der Waals surface area contributed by atoms with E-state index in [4.69, 9.17) is 5.73 Å². The lowest BCUT2D eigenvalue weighted by atomic mass is 9.76. The Morgan fingerprint density at radius 2 is 1.57 bits per heavy atom. The van der Waals surface area contributed by atoms with Gasteiger partial charge in [0.2, 0.25) is 11.8 Å². The molecule has 21 heavy (non-hydrogen) atoms. The summed E-state index contributed by atoms with van der Waals surface area (Å²) >= 11 is 0. The van der Waals surface area contributed by atoms with Gasteiger partial charge in [0.1, 0.15) is 0 Å². The number of benzene rings is 1. The number of carbonyl (C=O) groups excluding carboxylic acids is 2. The van der Waals surface area contributed by atoms with Gasteiger partial charge in [-0.2, -0.15) is 0 Å². The van der Waals surface area contributed by atoms with Gasteiger partial charge in [0, 0.05) is 25.1 Å². The Hall–Kier alpha value is -1.84. The van der Waals surface area contributed by atoms with Crippen molar-refractivity contribution in [1.82, 2.24) is 4.90 Å². The second-order valence-electron chi connectivity index (χ2n) is 6.49. The fraction of sp³-hybridized carbons (Fsp3) is 0.529. The minimum absolute atomic E-state index is 0.00807. The first-order chi connectivity index (χ1) is 10.1. The van der Waals surface area contributed by atoms with Gasteiger partial charge >= 0.3 is 0 Å². The zero-order valence-electron chi connectivity index (χ0n) is 12.3. The average molecular weight is 286 g/mol. The number of amides is 2. The van der Waals surface area contributed by atoms with Gasteiger partial charge in [-0.05, 0) is 42.4 Å². The number of carbonyl (C=O) groups is 2. The normalized spacial score (nSPS) is 21.2. The second-order valence-corrected chi connectivity index (χ2v) is 6.49. The number of hydrogen-bond acceptors (Lipinski definition) is 3. The van der Waals surface area contributed by atoms with E-state index in [0.717, 1.165) is 36.9 Å². The van der Waals surface area contributed by atoms with Crippen molar-refractivity contribution in [3.8, 4) is 0 Å². The Labute approximate surface area is 125 Å². The van der Waals surface area contributed by atoms with E-state index in [0.29, 0.717) is 25.8 Å². The van der Waals surface area contributed by atoms with Crippen LogP contribution in [-0.2, 0) is 16.0 Å². The van der Waals surface area contributed by atoms with Crippen LogP contribution < -0.4 is 5.73 Å². The Bertz CT molecular complexity index is 524. The highest BCUT2D eigenvalue weighted by atomic mass is 16.2. The summed E-state index contributed by atoms with van der Waals surface area (Å²) in [6.45, 7) is 0.484. The molecule has 2 amide bonds. The van der Waals surface area contributed by atoms with Gasteiger partial charge in [-0.3, -0.25) is 14.5 Å². The van der Waals surface area contributed by atoms with Gasteiger partial charge in [-0.1, -0.05) is 25.0 Å². The van der Waals surface area contributed by atoms with Gasteiger partial charge in [-0.25, -0.2) is 0 Å². The summed E-state index contributed by atoms with van der Waals surface area (Å²) < 4.78 is 0. The van der Waals surface area contributed by atoms with Gasteiger partial charge in [0.05, 0.1) is 0 Å². The molecule has 1 heterocycles. The van der Waals surface area contributed by atoms with Crippen LogP contribution >= 0.6 is 0 Å². The third-order valence-electron chi connectivity index (χ3n) is 4.92. The van der Waals surface area contributed by atoms with Gasteiger partial charge in [0.15, 0.2) is 0 Å². The molecule has 1 spiro atoms. The third-order valence-corrected chi connectivity index (χ3v) is 4.92. The van der Waals surface area contributed by atoms with E-state index in [-0.39, 0.29) is 17.2 Å². The molecule has 1 aliphatic heterocycles. The lowest BCUT2D eigenvalue weighted by Crippen LogP contribution is -2.47. The number of nitrogens with two attached hydrogens (primary N) is 1. The van der Waals surface area contributed by atoms with Crippen LogP contribution in [0, 0.1) is 5.41 Å². The summed E-state index contributed by atoms with van der Waals surface area (Å²) in [6, 6.07) is 7.60. The van der Waals surface area contributed by atoms with Gasteiger partial charge in [-0.15, -0.1) is 0 Å². The molecule has 0 unspecified atom stereocenters. The van der Waals surface area contributed by atoms with Crippen LogP contribution in [0.1, 0.15) is 44.1 Å². The molecule has 2 fully saturated rings. The molecule has 3 rings (SSSR count). The van der Waals surface area contributed by atoms with Crippen molar-refractivity contribution >= 4 is 17.5 Å². The summed E-state index contributed by atoms with van der Waals surface area (Å²) in [5.74, 6) is 0.0344. The maximum Gasteiger partial charge on any atom is 0.229 e. The molecule has 2 aliphatic rings. The molecule has 4 nitrogen and oxygen atoms in total. The van der Waals surface area contributed by atoms with E-state index in [1.807, 2.05) is 24.3 Å². The second kappa shape index (κ2) is 5.51. The first kappa shape index (κ1) is 14.1. The highest BCUT2D eigenvalue weighted by molar-refractivity contribution is 5.98. The maximum atomic E-state index is 12.3. The van der Waals surface area contributed by atoms with Crippen molar-refractivity contribution in [2.24, 2.45) is 5.41 Å². The van der Waals surface area contributed by atoms with Crippen molar-refractivity contribution in [3.63, 3.8) is 0 Å². The Balaban J connectivity index is 1.62. The maximum absolute atomic E-state index is 12.3. The largest absolute Gasteiger partial charge is 0.399 e. The minimum atomic E-state index is -0.00807. The van der Waals surface area contributed by atoms with E-state index in [2.05, 4.69) is 0 Å². The van der Waals surface area contributed by atoms with Gasteiger partial charge in [0.25, 0.3) is 0 Å². The summed E-state index contributed by atoms with van der Waals surface area (Å²) in [4.78, 5) is 26.1. The SMILES string of the molecule is Nc1ccc(CCN2C(=O)CC3(CCCC3)CC2=O)cc1. The van der Waals surface area contributed by atoms with Crippen LogP contribution in [0.15, 0.2) is 24.3 Å². The zero-order valence-corrected chi connectivity index (χ0v) is 12.3. The number of imide groups is 1. The van der Waals surface area contributed by atoms with Crippen molar-refractivity contribution in [1.29, 1.82) is 0 Å². The highest BCUT2D eigenvalue weighted by Crippen LogP contribution is 2.46. The molecule has 1 aromatic carbocycles. The summed E-state index contributed by atoms with van der Waals surface area (Å²) in [5, 5.41) is 0. The van der Waals surface area contributed by atoms with Crippen LogP contribution in [0.3, 0.4) is 0 Å². The van der Waals surface area contributed by atoms with Crippen molar-refractivity contribution in [3.05, 3.63) is 29.8 Å². The number of hydrogen-bond donors (Lipinski definition) is 1. The molecule has 0 atom stereocenters. The monoisotopic (exact) mass is 286 g/mol. The molecule has 1 aromatic rings. The molecule has 4 heteroatoms. The van der Waals surface area contributed by atoms with Crippen LogP contribution in [0.5, 0.6) is 0 Å². The van der Waals surface area contributed by atoms with Crippen LogP contribution in [-0.4, -0.2) is 23.3 Å². The molecule has 112 valence electrons. The van der Waals surface area contributed by atoms with Crippen molar-refractivity contribution in [2.75, 3.05) is 12.3 Å². The van der Waals surface area contributed by atoms with Crippen LogP contribution in [0.4, 0.5) is 5.69 Å². The van der Waals surface area contributed by atoms with E-state index in [1.54, 1.807) is 0 Å². The number of nitrogen functional groups attached to an aromatic ring is 1. The average Bonchev–Trinajstić information content (AvgIpc) is 2.87. The Morgan fingerprint density at radius 1 is 1.00 bits per heavy atom. The molecule has 1 aliphatic carbocycles. The smallest absolute Gasteiger partial charge is 0.229 e. The quantitative estimate of drug-likeness (QED) is 0.686. The standard InChI is InChI=1S/C17H22N2O2/c18-14-5-3-13(4-6-14)7-10-19-15(20)11-17(12-16(19)21)8-1-2-9-17/h3-6H,1-2,7-12,18H2. The summed E-state index contributed by atoms with van der Waals surface area (Å²) in [6.07, 6.45) is 6.20. The third kappa shape index (κ3) is 2.94. The van der Waals surface area contributed by atoms with Crippen molar-refractivity contribution in [2.45, 2.75) is 44.9 Å². The molecule has 2 N–H and O–H groups in total. The lowest BCUT2D eigenvalue weighted by molar-refractivity contribution is -0.153. The molecule has 0 radical (unpaired) electrons. The van der Waals surface area contributed by atoms with E-state index in [1.165, 1.54) is 4.90 Å². The molecule has 0 aromatic heterocycles. The number of nitrogens with zero attached hydrogens (tertiary/aromatic N) is 1. The molecule has 1 saturated carbocycles. The van der Waals surface area contributed by atoms with E-state index >= 15 is 0 Å². The van der Waals surface area contributed by atoms with Gasteiger partial charge < -0.3 is 5.73 Å². The molecule has 0 bridgehead atoms. The summed E-state index contributed by atoms with van der Waals surface area (Å²) in [5.41, 5.74) is 7.48. The molecular weight excluding hydrogens is 264 g/mol. The first-order valence-corrected chi connectivity index (χ1v) is 7.76. The molecular formula is C17H22N2O2. The Kier molecular flexibility index (Phi) is 3.70. The van der Waals surface area contributed by atoms with Crippen LogP contribution in [0.25, 0.3) is 0 Å². The number of likely N-dealkylation sites (tertiary alicyclic amines) is 1. The number of rotatable bonds is 3. The molecule has 1 saturated heterocycles. The highest BCUT2D eigenvalue weighted by Gasteiger charge is 2.44. The predicted molar refractivity (Wildman–Crippen MR) is 81.4 cm³/mol. The van der Waals surface area contributed by atoms with E-state index in [9.17, 15) is 9.59 Å². The fourth-order valence-electron chi connectivity index (χ4n) is 3.69. The van der Waals surface area contributed by atoms with E-state index < -0.39 is 0 Å². The first-order valence-electron chi connectivity index (χ1n) is 7.76. The lowest BCUT2D eigenvalue weighted by Gasteiger charge is -2.37.